The fourth-order valence-corrected chi connectivity index (χ4v) is 3.99. The predicted octanol–water partition coefficient (Wildman–Crippen LogP) is 5.59. The molecule has 1 fully saturated rings. The fraction of sp³-hybridized carbons (Fsp3) is 0.292. The number of likely N-dealkylation sites (tertiary alicyclic amines) is 1. The number of halogens is 4. The molecule has 1 aliphatic heterocycles. The third kappa shape index (κ3) is 5.66. The zero-order valence-corrected chi connectivity index (χ0v) is 19.6. The predicted molar refractivity (Wildman–Crippen MR) is 129 cm³/mol. The van der Waals surface area contributed by atoms with Crippen LogP contribution in [0.2, 0.25) is 5.02 Å². The monoisotopic (exact) mass is 505 g/mol. The van der Waals surface area contributed by atoms with E-state index in [9.17, 15) is 18.0 Å². The van der Waals surface area contributed by atoms with Gasteiger partial charge in [-0.3, -0.25) is 9.69 Å². The largest absolute Gasteiger partial charge is 0.494 e. The lowest BCUT2D eigenvalue weighted by molar-refractivity contribution is -0.114. The number of rotatable bonds is 7. The van der Waals surface area contributed by atoms with Gasteiger partial charge in [-0.15, -0.1) is 0 Å². The summed E-state index contributed by atoms with van der Waals surface area (Å²) in [5.74, 6) is -3.31. The van der Waals surface area contributed by atoms with E-state index in [0.717, 1.165) is 38.4 Å². The number of fused-ring (bicyclic) bond motifs is 1. The van der Waals surface area contributed by atoms with Crippen LogP contribution in [0.25, 0.3) is 10.9 Å². The van der Waals surface area contributed by atoms with Crippen LogP contribution in [0.5, 0.6) is 5.75 Å². The molecule has 1 aromatic heterocycles. The van der Waals surface area contributed by atoms with E-state index < -0.39 is 28.4 Å². The average molecular weight is 506 g/mol. The number of amides is 1. The van der Waals surface area contributed by atoms with Crippen molar-refractivity contribution in [1.29, 1.82) is 0 Å². The van der Waals surface area contributed by atoms with Crippen LogP contribution in [0.1, 0.15) is 19.3 Å². The first-order valence-electron chi connectivity index (χ1n) is 11.0. The number of ether oxygens (including phenoxy) is 1. The fourth-order valence-electron chi connectivity index (χ4n) is 3.83. The first-order chi connectivity index (χ1) is 16.9. The topological polar surface area (TPSA) is 79.4 Å². The Hall–Kier alpha value is -3.37. The Morgan fingerprint density at radius 2 is 1.94 bits per heavy atom. The van der Waals surface area contributed by atoms with Gasteiger partial charge in [-0.05, 0) is 50.2 Å². The van der Waals surface area contributed by atoms with E-state index in [1.54, 1.807) is 0 Å². The molecule has 2 aromatic carbocycles. The molecule has 184 valence electrons. The highest BCUT2D eigenvalue weighted by Gasteiger charge is 2.18. The van der Waals surface area contributed by atoms with Crippen LogP contribution >= 0.6 is 11.6 Å². The second kappa shape index (κ2) is 10.9. The highest BCUT2D eigenvalue weighted by atomic mass is 35.5. The maximum absolute atomic E-state index is 14.5. The first-order valence-corrected chi connectivity index (χ1v) is 11.4. The Morgan fingerprint density at radius 1 is 1.17 bits per heavy atom. The van der Waals surface area contributed by atoms with Gasteiger partial charge in [-0.2, -0.15) is 0 Å². The minimum Gasteiger partial charge on any atom is -0.494 e. The van der Waals surface area contributed by atoms with Gasteiger partial charge in [-0.25, -0.2) is 23.1 Å². The third-order valence-electron chi connectivity index (χ3n) is 5.69. The van der Waals surface area contributed by atoms with Crippen LogP contribution < -0.4 is 15.4 Å². The summed E-state index contributed by atoms with van der Waals surface area (Å²) in [6.07, 6.45) is 5.77. The Kier molecular flexibility index (Phi) is 7.72. The van der Waals surface area contributed by atoms with Crippen LogP contribution in [0.4, 0.5) is 30.4 Å². The number of methoxy groups -OCH3 is 1. The molecule has 7 nitrogen and oxygen atoms in total. The van der Waals surface area contributed by atoms with Crippen LogP contribution in [-0.2, 0) is 4.79 Å². The highest BCUT2D eigenvalue weighted by Crippen LogP contribution is 2.34. The van der Waals surface area contributed by atoms with Gasteiger partial charge in [0, 0.05) is 18.0 Å². The van der Waals surface area contributed by atoms with Crippen LogP contribution in [0.15, 0.2) is 42.5 Å². The molecule has 3 aromatic rings. The normalized spacial score (nSPS) is 14.7. The van der Waals surface area contributed by atoms with E-state index in [2.05, 4.69) is 25.5 Å². The number of anilines is 3. The minimum absolute atomic E-state index is 0.107. The molecule has 0 saturated carbocycles. The number of piperidine rings is 1. The van der Waals surface area contributed by atoms with E-state index in [-0.39, 0.29) is 22.9 Å². The van der Waals surface area contributed by atoms with Crippen LogP contribution in [0.3, 0.4) is 0 Å². The number of hydrogen-bond acceptors (Lipinski definition) is 6. The number of aromatic nitrogens is 2. The molecule has 0 unspecified atom stereocenters. The summed E-state index contributed by atoms with van der Waals surface area (Å²) in [7, 11) is 1.40. The molecule has 4 rings (SSSR count). The number of nitrogens with one attached hydrogen (secondary N) is 2. The molecular formula is C24H23ClF3N5O2. The number of hydrogen-bond donors (Lipinski definition) is 2. The lowest BCUT2D eigenvalue weighted by Gasteiger charge is -2.24. The molecule has 2 heterocycles. The number of carbonyl (C=O) groups is 1. The summed E-state index contributed by atoms with van der Waals surface area (Å²) >= 11 is 5.66. The Morgan fingerprint density at radius 3 is 2.69 bits per heavy atom. The molecule has 35 heavy (non-hydrogen) atoms. The highest BCUT2D eigenvalue weighted by molar-refractivity contribution is 6.31. The van der Waals surface area contributed by atoms with Crippen LogP contribution in [-0.4, -0.2) is 47.5 Å². The van der Waals surface area contributed by atoms with Crippen molar-refractivity contribution in [1.82, 2.24) is 14.9 Å². The van der Waals surface area contributed by atoms with Gasteiger partial charge in [0.05, 0.1) is 24.0 Å². The molecule has 0 spiro atoms. The van der Waals surface area contributed by atoms with Crippen molar-refractivity contribution in [3.05, 3.63) is 59.2 Å². The molecule has 11 heteroatoms. The second-order valence-electron chi connectivity index (χ2n) is 8.01. The quantitative estimate of drug-likeness (QED) is 0.322. The first kappa shape index (κ1) is 24.7. The Balaban J connectivity index is 1.60. The summed E-state index contributed by atoms with van der Waals surface area (Å²) in [6, 6.07) is 5.21. The lowest BCUT2D eigenvalue weighted by Crippen LogP contribution is -2.30. The molecule has 0 bridgehead atoms. The van der Waals surface area contributed by atoms with Crippen molar-refractivity contribution in [3.63, 3.8) is 0 Å². The maximum atomic E-state index is 14.5. The van der Waals surface area contributed by atoms with Gasteiger partial charge in [0.2, 0.25) is 0 Å². The van der Waals surface area contributed by atoms with Crippen LogP contribution in [0, 0.1) is 11.6 Å². The summed E-state index contributed by atoms with van der Waals surface area (Å²) in [5, 5.41) is 4.98. The van der Waals surface area contributed by atoms with Crippen molar-refractivity contribution in [2.45, 2.75) is 19.3 Å². The molecule has 0 radical (unpaired) electrons. The van der Waals surface area contributed by atoms with E-state index in [1.807, 2.05) is 0 Å². The smallest absolute Gasteiger partial charge is 0.284 e. The number of nitrogens with zero attached hydrogens (tertiary/aromatic N) is 3. The number of benzene rings is 2. The van der Waals surface area contributed by atoms with Crippen molar-refractivity contribution < 1.29 is 22.7 Å². The van der Waals surface area contributed by atoms with Gasteiger partial charge in [-0.1, -0.05) is 18.0 Å². The Bertz CT molecular complexity index is 1280. The van der Waals surface area contributed by atoms with Gasteiger partial charge >= 0.3 is 0 Å². The molecule has 1 amide bonds. The van der Waals surface area contributed by atoms with Crippen molar-refractivity contribution in [2.24, 2.45) is 0 Å². The van der Waals surface area contributed by atoms with Gasteiger partial charge in [0.25, 0.3) is 5.91 Å². The van der Waals surface area contributed by atoms with Gasteiger partial charge < -0.3 is 15.4 Å². The van der Waals surface area contributed by atoms with E-state index in [1.165, 1.54) is 37.7 Å². The lowest BCUT2D eigenvalue weighted by atomic mass is 10.1. The summed E-state index contributed by atoms with van der Waals surface area (Å²) in [6.45, 7) is 2.10. The van der Waals surface area contributed by atoms with E-state index in [4.69, 9.17) is 16.3 Å². The molecule has 1 saturated heterocycles. The molecular weight excluding hydrogens is 483 g/mol. The summed E-state index contributed by atoms with van der Waals surface area (Å²) in [5.41, 5.74) is 0.471. The Labute approximate surface area is 204 Å². The minimum atomic E-state index is -0.985. The molecule has 2 N–H and O–H groups in total. The average Bonchev–Trinajstić information content (AvgIpc) is 2.88. The maximum Gasteiger partial charge on any atom is 0.284 e. The number of carbonyl (C=O) groups excluding carboxylic acids is 1. The van der Waals surface area contributed by atoms with E-state index >= 15 is 0 Å². The standard InChI is InChI=1S/C24H23ClF3N5O2/c1-35-20-12-18-14(23(30-13-29-18)31-17-6-5-15(26)21(25)22(17)28)11-19(20)32-24(34)16(27)7-10-33-8-3-2-4-9-33/h5-7,11-13H,2-4,8-10H2,1H3,(H,32,34)(H,29,30,31)/b16-7-. The van der Waals surface area contributed by atoms with Gasteiger partial charge in [0.1, 0.15) is 28.7 Å². The van der Waals surface area contributed by atoms with Gasteiger partial charge in [0.15, 0.2) is 11.6 Å². The summed E-state index contributed by atoms with van der Waals surface area (Å²) in [4.78, 5) is 22.9. The zero-order chi connectivity index (χ0) is 24.9. The van der Waals surface area contributed by atoms with Crippen molar-refractivity contribution >= 4 is 45.6 Å². The van der Waals surface area contributed by atoms with Crippen molar-refractivity contribution in [3.8, 4) is 5.75 Å². The molecule has 0 aliphatic carbocycles. The van der Waals surface area contributed by atoms with E-state index in [0.29, 0.717) is 17.4 Å². The SMILES string of the molecule is COc1cc2ncnc(Nc3ccc(F)c(Cl)c3F)c2cc1NC(=O)/C(F)=C/CN1CCCCC1. The molecule has 1 aliphatic rings. The van der Waals surface area contributed by atoms with Crippen molar-refractivity contribution in [2.75, 3.05) is 37.4 Å². The molecule has 0 atom stereocenters. The third-order valence-corrected chi connectivity index (χ3v) is 6.03. The summed E-state index contributed by atoms with van der Waals surface area (Å²) < 4.78 is 47.8. The second-order valence-corrected chi connectivity index (χ2v) is 8.39. The zero-order valence-electron chi connectivity index (χ0n) is 18.9.